The minimum atomic E-state index is -0.488. The zero-order chi connectivity index (χ0) is 25.4. The molecule has 0 aliphatic heterocycles. The van der Waals surface area contributed by atoms with Crippen molar-refractivity contribution in [2.75, 3.05) is 13.2 Å². The second-order valence-electron chi connectivity index (χ2n) is 9.93. The fraction of sp³-hybridized carbons (Fsp3) is 0.742. The molecule has 0 aliphatic rings. The van der Waals surface area contributed by atoms with Crippen molar-refractivity contribution in [1.82, 2.24) is 0 Å². The number of carbonyl (C=O) groups is 2. The second-order valence-corrected chi connectivity index (χ2v) is 9.93. The van der Waals surface area contributed by atoms with Crippen LogP contribution in [0.15, 0.2) is 30.3 Å². The Morgan fingerprint density at radius 1 is 0.629 bits per heavy atom. The Balaban J connectivity index is 2.30. The van der Waals surface area contributed by atoms with Crippen molar-refractivity contribution in [2.45, 2.75) is 129 Å². The molecule has 0 amide bonds. The Bertz CT molecular complexity index is 628. The summed E-state index contributed by atoms with van der Waals surface area (Å²) < 4.78 is 11.0. The SMILES string of the molecule is CCCCCCCCCCOC(=O)CC(Cc1ccccc1)C(=O)OCCCCCCCCCC. The fourth-order valence-corrected chi connectivity index (χ4v) is 4.35. The number of carbonyl (C=O) groups excluding carboxylic acids is 2. The molecule has 1 aromatic rings. The first-order chi connectivity index (χ1) is 17.2. The van der Waals surface area contributed by atoms with Gasteiger partial charge < -0.3 is 9.47 Å². The molecule has 200 valence electrons. The monoisotopic (exact) mass is 488 g/mol. The Morgan fingerprint density at radius 2 is 1.09 bits per heavy atom. The van der Waals surface area contributed by atoms with E-state index in [9.17, 15) is 9.59 Å². The van der Waals surface area contributed by atoms with Crippen molar-refractivity contribution in [3.8, 4) is 0 Å². The molecule has 35 heavy (non-hydrogen) atoms. The summed E-state index contributed by atoms with van der Waals surface area (Å²) in [6.07, 6.45) is 19.9. The van der Waals surface area contributed by atoms with E-state index < -0.39 is 5.92 Å². The highest BCUT2D eigenvalue weighted by molar-refractivity contribution is 5.80. The van der Waals surface area contributed by atoms with Gasteiger partial charge in [-0.05, 0) is 24.8 Å². The Kier molecular flexibility index (Phi) is 20.2. The van der Waals surface area contributed by atoms with Gasteiger partial charge in [-0.1, -0.05) is 134 Å². The van der Waals surface area contributed by atoms with Crippen molar-refractivity contribution in [2.24, 2.45) is 5.92 Å². The van der Waals surface area contributed by atoms with Crippen LogP contribution in [0.5, 0.6) is 0 Å². The van der Waals surface area contributed by atoms with Gasteiger partial charge >= 0.3 is 11.9 Å². The molecule has 1 aromatic carbocycles. The number of unbranched alkanes of at least 4 members (excludes halogenated alkanes) is 14. The lowest BCUT2D eigenvalue weighted by Crippen LogP contribution is -2.24. The van der Waals surface area contributed by atoms with E-state index >= 15 is 0 Å². The van der Waals surface area contributed by atoms with E-state index in [1.165, 1.54) is 77.0 Å². The molecule has 0 bridgehead atoms. The lowest BCUT2D eigenvalue weighted by molar-refractivity contribution is -0.155. The van der Waals surface area contributed by atoms with Crippen LogP contribution in [0.25, 0.3) is 0 Å². The number of rotatable bonds is 23. The number of hydrogen-bond donors (Lipinski definition) is 0. The third-order valence-electron chi connectivity index (χ3n) is 6.57. The van der Waals surface area contributed by atoms with Crippen LogP contribution in [-0.4, -0.2) is 25.2 Å². The van der Waals surface area contributed by atoms with Gasteiger partial charge in [-0.2, -0.15) is 0 Å². The molecule has 0 saturated carbocycles. The van der Waals surface area contributed by atoms with E-state index in [1.807, 2.05) is 30.3 Å². The van der Waals surface area contributed by atoms with Crippen molar-refractivity contribution in [3.63, 3.8) is 0 Å². The van der Waals surface area contributed by atoms with Crippen LogP contribution in [0.4, 0.5) is 0 Å². The molecule has 0 saturated heterocycles. The highest BCUT2D eigenvalue weighted by Gasteiger charge is 2.24. The highest BCUT2D eigenvalue weighted by atomic mass is 16.5. The first-order valence-corrected chi connectivity index (χ1v) is 14.5. The summed E-state index contributed by atoms with van der Waals surface area (Å²) in [5, 5.41) is 0. The average Bonchev–Trinajstić information content (AvgIpc) is 2.87. The lowest BCUT2D eigenvalue weighted by Gasteiger charge is -2.16. The van der Waals surface area contributed by atoms with E-state index in [4.69, 9.17) is 9.47 Å². The maximum atomic E-state index is 12.8. The van der Waals surface area contributed by atoms with Gasteiger partial charge in [0.2, 0.25) is 0 Å². The van der Waals surface area contributed by atoms with E-state index in [1.54, 1.807) is 0 Å². The van der Waals surface area contributed by atoms with Gasteiger partial charge in [-0.3, -0.25) is 9.59 Å². The van der Waals surface area contributed by atoms with Crippen LogP contribution in [0.3, 0.4) is 0 Å². The van der Waals surface area contributed by atoms with Gasteiger partial charge in [0.15, 0.2) is 0 Å². The van der Waals surface area contributed by atoms with Gasteiger partial charge in [0.05, 0.1) is 25.6 Å². The topological polar surface area (TPSA) is 52.6 Å². The summed E-state index contributed by atoms with van der Waals surface area (Å²) in [6.45, 7) is 5.34. The largest absolute Gasteiger partial charge is 0.466 e. The third-order valence-corrected chi connectivity index (χ3v) is 6.57. The molecule has 0 N–H and O–H groups in total. The first-order valence-electron chi connectivity index (χ1n) is 14.5. The normalized spacial score (nSPS) is 11.8. The number of esters is 2. The average molecular weight is 489 g/mol. The molecule has 0 aliphatic carbocycles. The fourth-order valence-electron chi connectivity index (χ4n) is 4.35. The van der Waals surface area contributed by atoms with Gasteiger partial charge in [0, 0.05) is 0 Å². The highest BCUT2D eigenvalue weighted by Crippen LogP contribution is 2.17. The van der Waals surface area contributed by atoms with E-state index in [-0.39, 0.29) is 18.4 Å². The second kappa shape index (κ2) is 22.6. The molecule has 0 aromatic heterocycles. The van der Waals surface area contributed by atoms with E-state index in [2.05, 4.69) is 13.8 Å². The van der Waals surface area contributed by atoms with Gasteiger partial charge in [-0.15, -0.1) is 0 Å². The van der Waals surface area contributed by atoms with E-state index in [0.29, 0.717) is 19.6 Å². The molecule has 1 unspecified atom stereocenters. The van der Waals surface area contributed by atoms with Crippen LogP contribution in [0, 0.1) is 5.92 Å². The van der Waals surface area contributed by atoms with Crippen LogP contribution < -0.4 is 0 Å². The summed E-state index contributed by atoms with van der Waals surface area (Å²) in [5.74, 6) is -1.06. The standard InChI is InChI=1S/C31H52O4/c1-3-5-7-9-11-13-15-20-24-34-30(32)27-29(26-28-22-18-17-19-23-28)31(33)35-25-21-16-14-12-10-8-6-4-2/h17-19,22-23,29H,3-16,20-21,24-27H2,1-2H3. The lowest BCUT2D eigenvalue weighted by atomic mass is 9.96. The maximum Gasteiger partial charge on any atom is 0.309 e. The van der Waals surface area contributed by atoms with Crippen molar-refractivity contribution in [1.29, 1.82) is 0 Å². The molecule has 0 radical (unpaired) electrons. The summed E-state index contributed by atoms with van der Waals surface area (Å²) in [4.78, 5) is 25.2. The third kappa shape index (κ3) is 18.1. The number of benzene rings is 1. The number of ether oxygens (including phenoxy) is 2. The molecule has 4 heteroatoms. The summed E-state index contributed by atoms with van der Waals surface area (Å²) in [7, 11) is 0. The van der Waals surface area contributed by atoms with Crippen LogP contribution in [0.2, 0.25) is 0 Å². The predicted octanol–water partition coefficient (Wildman–Crippen LogP) is 8.60. The Labute approximate surface area is 215 Å². The molecular weight excluding hydrogens is 436 g/mol. The molecule has 4 nitrogen and oxygen atoms in total. The molecule has 0 fully saturated rings. The minimum Gasteiger partial charge on any atom is -0.466 e. The van der Waals surface area contributed by atoms with Gasteiger partial charge in [-0.25, -0.2) is 0 Å². The van der Waals surface area contributed by atoms with Gasteiger partial charge in [0.25, 0.3) is 0 Å². The van der Waals surface area contributed by atoms with Crippen molar-refractivity contribution < 1.29 is 19.1 Å². The maximum absolute atomic E-state index is 12.8. The quantitative estimate of drug-likeness (QED) is 0.114. The Morgan fingerprint density at radius 3 is 1.60 bits per heavy atom. The zero-order valence-corrected chi connectivity index (χ0v) is 22.7. The Hall–Kier alpha value is -1.84. The number of hydrogen-bond acceptors (Lipinski definition) is 4. The van der Waals surface area contributed by atoms with Crippen LogP contribution >= 0.6 is 0 Å². The van der Waals surface area contributed by atoms with Gasteiger partial charge in [0.1, 0.15) is 0 Å². The summed E-state index contributed by atoms with van der Waals surface area (Å²) in [6, 6.07) is 9.85. The summed E-state index contributed by atoms with van der Waals surface area (Å²) >= 11 is 0. The predicted molar refractivity (Wildman–Crippen MR) is 145 cm³/mol. The van der Waals surface area contributed by atoms with Crippen LogP contribution in [0.1, 0.15) is 129 Å². The van der Waals surface area contributed by atoms with Crippen molar-refractivity contribution >= 4 is 11.9 Å². The summed E-state index contributed by atoms with van der Waals surface area (Å²) in [5.41, 5.74) is 1.04. The molecule has 0 spiro atoms. The molecule has 0 heterocycles. The zero-order valence-electron chi connectivity index (χ0n) is 22.7. The minimum absolute atomic E-state index is 0.0855. The van der Waals surface area contributed by atoms with E-state index in [0.717, 1.165) is 31.2 Å². The van der Waals surface area contributed by atoms with Crippen molar-refractivity contribution in [3.05, 3.63) is 35.9 Å². The molecule has 1 rings (SSSR count). The first kappa shape index (κ1) is 31.2. The smallest absolute Gasteiger partial charge is 0.309 e. The molecule has 1 atom stereocenters. The van der Waals surface area contributed by atoms with Crippen LogP contribution in [-0.2, 0) is 25.5 Å². The molecular formula is C31H52O4.